The number of halogens is 1. The molecule has 21 heavy (non-hydrogen) atoms. The summed E-state index contributed by atoms with van der Waals surface area (Å²) >= 11 is 0. The minimum atomic E-state index is -0.335. The zero-order valence-corrected chi connectivity index (χ0v) is 11.9. The van der Waals surface area contributed by atoms with E-state index in [0.29, 0.717) is 24.3 Å². The van der Waals surface area contributed by atoms with Crippen LogP contribution in [0, 0.1) is 17.1 Å². The van der Waals surface area contributed by atoms with Gasteiger partial charge in [-0.3, -0.25) is 0 Å². The average molecular weight is 284 g/mol. The Bertz CT molecular complexity index is 649. The van der Waals surface area contributed by atoms with Crippen LogP contribution in [0.25, 0.3) is 0 Å². The third-order valence-electron chi connectivity index (χ3n) is 3.25. The average Bonchev–Trinajstić information content (AvgIpc) is 2.52. The van der Waals surface area contributed by atoms with E-state index in [4.69, 9.17) is 10.00 Å². The summed E-state index contributed by atoms with van der Waals surface area (Å²) in [6.07, 6.45) is 0.800. The second-order valence-corrected chi connectivity index (χ2v) is 4.67. The summed E-state index contributed by atoms with van der Waals surface area (Å²) < 4.78 is 18.4. The summed E-state index contributed by atoms with van der Waals surface area (Å²) in [7, 11) is 1.67. The van der Waals surface area contributed by atoms with Gasteiger partial charge in [-0.15, -0.1) is 0 Å². The van der Waals surface area contributed by atoms with E-state index in [1.54, 1.807) is 7.11 Å². The van der Waals surface area contributed by atoms with Gasteiger partial charge in [-0.05, 0) is 41.8 Å². The fourth-order valence-corrected chi connectivity index (χ4v) is 2.13. The molecule has 0 aliphatic heterocycles. The van der Waals surface area contributed by atoms with Crippen LogP contribution >= 0.6 is 0 Å². The zero-order chi connectivity index (χ0) is 15.1. The standard InChI is InChI=1S/C17H17FN2O/c1-21-9-8-13-4-2-3-5-17(13)20-12-15-10-16(18)7-6-14(15)11-19/h2-7,10,20H,8-9,12H2,1H3. The molecule has 2 aromatic carbocycles. The first-order valence-corrected chi connectivity index (χ1v) is 6.74. The smallest absolute Gasteiger partial charge is 0.123 e. The van der Waals surface area contributed by atoms with Crippen LogP contribution in [-0.4, -0.2) is 13.7 Å². The van der Waals surface area contributed by atoms with Gasteiger partial charge in [0, 0.05) is 19.3 Å². The highest BCUT2D eigenvalue weighted by Crippen LogP contribution is 2.18. The third-order valence-corrected chi connectivity index (χ3v) is 3.25. The van der Waals surface area contributed by atoms with Crippen molar-refractivity contribution in [1.29, 1.82) is 5.26 Å². The Balaban J connectivity index is 2.13. The van der Waals surface area contributed by atoms with Crippen molar-refractivity contribution in [2.75, 3.05) is 19.0 Å². The van der Waals surface area contributed by atoms with Gasteiger partial charge in [0.25, 0.3) is 0 Å². The highest BCUT2D eigenvalue weighted by Gasteiger charge is 2.06. The first-order chi connectivity index (χ1) is 10.2. The molecule has 0 saturated carbocycles. The molecule has 1 N–H and O–H groups in total. The molecule has 0 saturated heterocycles. The SMILES string of the molecule is COCCc1ccccc1NCc1cc(F)ccc1C#N. The number of nitriles is 1. The summed E-state index contributed by atoms with van der Waals surface area (Å²) in [5, 5.41) is 12.3. The number of benzene rings is 2. The Kier molecular flexibility index (Phi) is 5.30. The normalized spacial score (nSPS) is 10.1. The van der Waals surface area contributed by atoms with E-state index >= 15 is 0 Å². The summed E-state index contributed by atoms with van der Waals surface area (Å²) in [6.45, 7) is 1.05. The molecular weight excluding hydrogens is 267 g/mol. The van der Waals surface area contributed by atoms with E-state index < -0.39 is 0 Å². The lowest BCUT2D eigenvalue weighted by atomic mass is 10.1. The molecule has 0 atom stereocenters. The summed E-state index contributed by atoms with van der Waals surface area (Å²) in [4.78, 5) is 0. The number of nitrogens with zero attached hydrogens (tertiary/aromatic N) is 1. The molecule has 0 fully saturated rings. The fourth-order valence-electron chi connectivity index (χ4n) is 2.13. The van der Waals surface area contributed by atoms with Crippen LogP contribution in [-0.2, 0) is 17.7 Å². The largest absolute Gasteiger partial charge is 0.384 e. The Hall–Kier alpha value is -2.38. The highest BCUT2D eigenvalue weighted by atomic mass is 19.1. The maximum absolute atomic E-state index is 13.3. The van der Waals surface area contributed by atoms with Crippen LogP contribution in [0.15, 0.2) is 42.5 Å². The van der Waals surface area contributed by atoms with Crippen LogP contribution in [0.2, 0.25) is 0 Å². The van der Waals surface area contributed by atoms with Gasteiger partial charge in [0.15, 0.2) is 0 Å². The Morgan fingerprint density at radius 2 is 2.00 bits per heavy atom. The van der Waals surface area contributed by atoms with Crippen LogP contribution < -0.4 is 5.32 Å². The van der Waals surface area contributed by atoms with Gasteiger partial charge < -0.3 is 10.1 Å². The van der Waals surface area contributed by atoms with Crippen molar-refractivity contribution in [2.24, 2.45) is 0 Å². The minimum Gasteiger partial charge on any atom is -0.384 e. The minimum absolute atomic E-state index is 0.335. The Morgan fingerprint density at radius 1 is 1.19 bits per heavy atom. The number of para-hydroxylation sites is 1. The lowest BCUT2D eigenvalue weighted by molar-refractivity contribution is 0.202. The second-order valence-electron chi connectivity index (χ2n) is 4.67. The molecule has 3 nitrogen and oxygen atoms in total. The molecule has 0 aliphatic rings. The van der Waals surface area contributed by atoms with E-state index in [-0.39, 0.29) is 5.82 Å². The summed E-state index contributed by atoms with van der Waals surface area (Å²) in [6, 6.07) is 14.2. The highest BCUT2D eigenvalue weighted by molar-refractivity contribution is 5.52. The summed E-state index contributed by atoms with van der Waals surface area (Å²) in [5.74, 6) is -0.335. The number of hydrogen-bond donors (Lipinski definition) is 1. The molecule has 2 aromatic rings. The molecule has 108 valence electrons. The lowest BCUT2D eigenvalue weighted by Gasteiger charge is -2.12. The number of methoxy groups -OCH3 is 1. The van der Waals surface area contributed by atoms with E-state index in [1.807, 2.05) is 24.3 Å². The molecule has 0 spiro atoms. The van der Waals surface area contributed by atoms with E-state index in [1.165, 1.54) is 18.2 Å². The first kappa shape index (κ1) is 15.0. The van der Waals surface area contributed by atoms with Crippen molar-refractivity contribution in [3.63, 3.8) is 0 Å². The maximum Gasteiger partial charge on any atom is 0.123 e. The van der Waals surface area contributed by atoms with E-state index in [0.717, 1.165) is 17.7 Å². The molecule has 0 aliphatic carbocycles. The van der Waals surface area contributed by atoms with Gasteiger partial charge in [0.05, 0.1) is 18.2 Å². The Morgan fingerprint density at radius 3 is 2.76 bits per heavy atom. The molecule has 0 aromatic heterocycles. The molecule has 4 heteroatoms. The molecular formula is C17H17FN2O. The van der Waals surface area contributed by atoms with Gasteiger partial charge in [0.1, 0.15) is 5.82 Å². The van der Waals surface area contributed by atoms with Crippen LogP contribution in [0.5, 0.6) is 0 Å². The van der Waals surface area contributed by atoms with E-state index in [9.17, 15) is 4.39 Å². The Labute approximate surface area is 124 Å². The van der Waals surface area contributed by atoms with Crippen molar-refractivity contribution < 1.29 is 9.13 Å². The maximum atomic E-state index is 13.3. The van der Waals surface area contributed by atoms with Gasteiger partial charge >= 0.3 is 0 Å². The molecule has 0 amide bonds. The molecule has 0 heterocycles. The number of hydrogen-bond acceptors (Lipinski definition) is 3. The van der Waals surface area contributed by atoms with Gasteiger partial charge in [-0.2, -0.15) is 5.26 Å². The molecule has 0 unspecified atom stereocenters. The number of rotatable bonds is 6. The van der Waals surface area contributed by atoms with Gasteiger partial charge in [-0.25, -0.2) is 4.39 Å². The van der Waals surface area contributed by atoms with Crippen LogP contribution in [0.1, 0.15) is 16.7 Å². The monoisotopic (exact) mass is 284 g/mol. The molecule has 0 radical (unpaired) electrons. The number of ether oxygens (including phenoxy) is 1. The first-order valence-electron chi connectivity index (χ1n) is 6.74. The fraction of sp³-hybridized carbons (Fsp3) is 0.235. The van der Waals surface area contributed by atoms with Crippen molar-refractivity contribution in [3.05, 3.63) is 65.0 Å². The molecule has 0 bridgehead atoms. The predicted octanol–water partition coefficient (Wildman–Crippen LogP) is 3.50. The van der Waals surface area contributed by atoms with Crippen LogP contribution in [0.3, 0.4) is 0 Å². The van der Waals surface area contributed by atoms with Crippen molar-refractivity contribution in [2.45, 2.75) is 13.0 Å². The van der Waals surface area contributed by atoms with Crippen molar-refractivity contribution >= 4 is 5.69 Å². The summed E-state index contributed by atoms with van der Waals surface area (Å²) in [5.41, 5.74) is 3.24. The third kappa shape index (κ3) is 4.04. The quantitative estimate of drug-likeness (QED) is 0.883. The lowest BCUT2D eigenvalue weighted by Crippen LogP contribution is -2.06. The van der Waals surface area contributed by atoms with Crippen molar-refractivity contribution in [3.8, 4) is 6.07 Å². The zero-order valence-electron chi connectivity index (χ0n) is 11.9. The van der Waals surface area contributed by atoms with Crippen LogP contribution in [0.4, 0.5) is 10.1 Å². The van der Waals surface area contributed by atoms with Gasteiger partial charge in [-0.1, -0.05) is 18.2 Å². The molecule has 2 rings (SSSR count). The topological polar surface area (TPSA) is 45.0 Å². The van der Waals surface area contributed by atoms with E-state index in [2.05, 4.69) is 11.4 Å². The predicted molar refractivity (Wildman–Crippen MR) is 80.5 cm³/mol. The number of nitrogens with one attached hydrogen (secondary N) is 1. The number of anilines is 1. The van der Waals surface area contributed by atoms with Gasteiger partial charge in [0.2, 0.25) is 0 Å². The second kappa shape index (κ2) is 7.41. The van der Waals surface area contributed by atoms with Crippen molar-refractivity contribution in [1.82, 2.24) is 0 Å².